The highest BCUT2D eigenvalue weighted by molar-refractivity contribution is 7.92. The summed E-state index contributed by atoms with van der Waals surface area (Å²) in [6, 6.07) is 15.6. The van der Waals surface area contributed by atoms with Crippen LogP contribution in [0.3, 0.4) is 0 Å². The quantitative estimate of drug-likeness (QED) is 0.115. The molecule has 10 nitrogen and oxygen atoms in total. The van der Waals surface area contributed by atoms with Crippen LogP contribution in [0.1, 0.15) is 40.5 Å². The minimum Gasteiger partial charge on any atom is -0.490 e. The molecule has 0 bridgehead atoms. The molecule has 4 aromatic rings. The zero-order chi connectivity index (χ0) is 28.4. The van der Waals surface area contributed by atoms with Crippen molar-refractivity contribution in [1.82, 2.24) is 9.88 Å². The van der Waals surface area contributed by atoms with E-state index in [-0.39, 0.29) is 53.5 Å². The molecule has 1 aliphatic heterocycles. The number of fused-ring (bicyclic) bond motifs is 2. The van der Waals surface area contributed by atoms with Gasteiger partial charge in [0.05, 0.1) is 38.5 Å². The number of esters is 1. The fourth-order valence-electron chi connectivity index (χ4n) is 4.10. The van der Waals surface area contributed by atoms with E-state index in [4.69, 9.17) is 21.1 Å². The molecule has 206 valence electrons. The Kier molecular flexibility index (Phi) is 7.74. The molecule has 1 N–H and O–H groups in total. The average molecular weight is 600 g/mol. The zero-order valence-corrected chi connectivity index (χ0v) is 23.4. The van der Waals surface area contributed by atoms with Crippen LogP contribution in [0.5, 0.6) is 11.5 Å². The van der Waals surface area contributed by atoms with Gasteiger partial charge in [-0.15, -0.1) is 11.3 Å². The molecule has 3 aromatic carbocycles. The average Bonchev–Trinajstić information content (AvgIpc) is 3.43. The van der Waals surface area contributed by atoms with Gasteiger partial charge in [-0.3, -0.25) is 24.0 Å². The summed E-state index contributed by atoms with van der Waals surface area (Å²) in [4.78, 5) is 42.6. The fourth-order valence-corrected chi connectivity index (χ4v) is 6.33. The van der Waals surface area contributed by atoms with Crippen LogP contribution < -0.4 is 14.2 Å². The summed E-state index contributed by atoms with van der Waals surface area (Å²) < 4.78 is 41.1. The second kappa shape index (κ2) is 11.2. The first-order valence-corrected chi connectivity index (χ1v) is 14.9. The number of thiazole rings is 1. The lowest BCUT2D eigenvalue weighted by atomic mass is 10.1. The number of carbonyl (C=O) groups is 3. The molecule has 1 aliphatic rings. The molecule has 2 heterocycles. The highest BCUT2D eigenvalue weighted by atomic mass is 35.5. The van der Waals surface area contributed by atoms with Crippen LogP contribution in [0.4, 0.5) is 5.69 Å². The number of anilines is 1. The predicted octanol–water partition coefficient (Wildman–Crippen LogP) is 5.13. The Morgan fingerprint density at radius 1 is 1.05 bits per heavy atom. The van der Waals surface area contributed by atoms with Gasteiger partial charge >= 0.3 is 5.97 Å². The Morgan fingerprint density at radius 2 is 1.77 bits per heavy atom. The van der Waals surface area contributed by atoms with Crippen molar-refractivity contribution in [2.45, 2.75) is 24.7 Å². The molecule has 0 saturated heterocycles. The van der Waals surface area contributed by atoms with E-state index in [1.807, 2.05) is 0 Å². The van der Waals surface area contributed by atoms with Crippen molar-refractivity contribution in [3.63, 3.8) is 0 Å². The van der Waals surface area contributed by atoms with Crippen molar-refractivity contribution >= 4 is 66.6 Å². The van der Waals surface area contributed by atoms with E-state index in [1.165, 1.54) is 24.3 Å². The molecule has 2 amide bonds. The number of para-hydroxylation sites is 1. The lowest BCUT2D eigenvalue weighted by Crippen LogP contribution is -2.31. The summed E-state index contributed by atoms with van der Waals surface area (Å²) in [5, 5.41) is 0. The fraction of sp³-hybridized carbons (Fsp3) is 0.185. The van der Waals surface area contributed by atoms with Crippen LogP contribution in [0.2, 0.25) is 4.47 Å². The first-order valence-electron chi connectivity index (χ1n) is 12.2. The van der Waals surface area contributed by atoms with E-state index in [0.717, 1.165) is 16.2 Å². The van der Waals surface area contributed by atoms with Crippen molar-refractivity contribution in [2.75, 3.05) is 17.9 Å². The van der Waals surface area contributed by atoms with Crippen molar-refractivity contribution < 1.29 is 32.3 Å². The van der Waals surface area contributed by atoms with Crippen LogP contribution in [-0.4, -0.2) is 49.2 Å². The minimum atomic E-state index is -4.09. The minimum absolute atomic E-state index is 0.00193. The number of nitrogens with zero attached hydrogens (tertiary/aromatic N) is 2. The number of sulfonamides is 1. The number of imide groups is 1. The molecule has 0 unspecified atom stereocenters. The van der Waals surface area contributed by atoms with Crippen LogP contribution in [0.15, 0.2) is 65.6 Å². The van der Waals surface area contributed by atoms with E-state index >= 15 is 0 Å². The third-order valence-electron chi connectivity index (χ3n) is 6.03. The van der Waals surface area contributed by atoms with E-state index < -0.39 is 16.0 Å². The molecule has 0 atom stereocenters. The molecule has 0 radical (unpaired) electrons. The lowest BCUT2D eigenvalue weighted by Gasteiger charge is -2.17. The number of halogens is 1. The van der Waals surface area contributed by atoms with Crippen LogP contribution in [0.25, 0.3) is 10.2 Å². The molecule has 0 fully saturated rings. The number of ether oxygens (including phenoxy) is 2. The Balaban J connectivity index is 1.32. The summed E-state index contributed by atoms with van der Waals surface area (Å²) in [5.41, 5.74) is 1.30. The summed E-state index contributed by atoms with van der Waals surface area (Å²) in [7, 11) is -4.09. The summed E-state index contributed by atoms with van der Waals surface area (Å²) in [6.07, 6.45) is 0.336. The molecule has 1 aromatic heterocycles. The van der Waals surface area contributed by atoms with Crippen molar-refractivity contribution in [3.8, 4) is 11.5 Å². The van der Waals surface area contributed by atoms with Gasteiger partial charge in [-0.05, 0) is 48.9 Å². The standard InChI is InChI=1S/C27H22ClN3O7S2/c1-2-23(32)38-24-20(30-40(35,36)16-11-12-19-22(15-16)39-27(28)29-19)9-5-10-21(24)37-14-6-13-31-25(33)17-7-3-4-8-18(17)26(31)34/h3-5,7-12,15,30H,2,6,13-14H2,1H3. The van der Waals surface area contributed by atoms with E-state index in [2.05, 4.69) is 9.71 Å². The number of carbonyl (C=O) groups excluding carboxylic acids is 3. The van der Waals surface area contributed by atoms with Gasteiger partial charge in [-0.25, -0.2) is 13.4 Å². The third-order valence-corrected chi connectivity index (χ3v) is 8.52. The monoisotopic (exact) mass is 599 g/mol. The maximum atomic E-state index is 13.2. The first-order chi connectivity index (χ1) is 19.2. The van der Waals surface area contributed by atoms with Gasteiger partial charge in [-0.1, -0.05) is 36.7 Å². The molecular weight excluding hydrogens is 578 g/mol. The van der Waals surface area contributed by atoms with E-state index in [1.54, 1.807) is 43.3 Å². The summed E-state index contributed by atoms with van der Waals surface area (Å²) >= 11 is 7.10. The highest BCUT2D eigenvalue weighted by Gasteiger charge is 2.34. The topological polar surface area (TPSA) is 132 Å². The SMILES string of the molecule is CCC(=O)Oc1c(NS(=O)(=O)c2ccc3nc(Cl)sc3c2)cccc1OCCCN1C(=O)c2ccccc2C1=O. The Morgan fingerprint density at radius 3 is 2.48 bits per heavy atom. The molecule has 0 saturated carbocycles. The van der Waals surface area contributed by atoms with E-state index in [0.29, 0.717) is 32.2 Å². The second-order valence-corrected chi connectivity index (χ2v) is 12.0. The van der Waals surface area contributed by atoms with Crippen LogP contribution >= 0.6 is 22.9 Å². The third kappa shape index (κ3) is 5.51. The summed E-state index contributed by atoms with van der Waals surface area (Å²) in [6.45, 7) is 1.78. The van der Waals surface area contributed by atoms with Crippen LogP contribution in [0, 0.1) is 0 Å². The number of hydrogen-bond donors (Lipinski definition) is 1. The van der Waals surface area contributed by atoms with Crippen molar-refractivity contribution in [2.24, 2.45) is 0 Å². The number of hydrogen-bond acceptors (Lipinski definition) is 9. The number of nitrogens with one attached hydrogen (secondary N) is 1. The highest BCUT2D eigenvalue weighted by Crippen LogP contribution is 2.38. The first kappa shape index (κ1) is 27.6. The number of amides is 2. The number of rotatable bonds is 10. The molecule has 40 heavy (non-hydrogen) atoms. The molecule has 0 aliphatic carbocycles. The largest absolute Gasteiger partial charge is 0.490 e. The van der Waals surface area contributed by atoms with Crippen molar-refractivity contribution in [1.29, 1.82) is 0 Å². The summed E-state index contributed by atoms with van der Waals surface area (Å²) in [5.74, 6) is -1.31. The molecule has 5 rings (SSSR count). The molecule has 13 heteroatoms. The van der Waals surface area contributed by atoms with E-state index in [9.17, 15) is 22.8 Å². The number of aromatic nitrogens is 1. The maximum absolute atomic E-state index is 13.2. The van der Waals surface area contributed by atoms with Crippen molar-refractivity contribution in [3.05, 3.63) is 76.3 Å². The zero-order valence-electron chi connectivity index (χ0n) is 21.0. The smallest absolute Gasteiger partial charge is 0.311 e. The number of benzene rings is 3. The second-order valence-electron chi connectivity index (χ2n) is 8.67. The van der Waals surface area contributed by atoms with Gasteiger partial charge < -0.3 is 9.47 Å². The van der Waals surface area contributed by atoms with Gasteiger partial charge in [0.1, 0.15) is 0 Å². The molecular formula is C27H22ClN3O7S2. The lowest BCUT2D eigenvalue weighted by molar-refractivity contribution is -0.134. The Hall–Kier alpha value is -4.00. The molecule has 0 spiro atoms. The van der Waals surface area contributed by atoms with Gasteiger partial charge in [0.15, 0.2) is 16.0 Å². The van der Waals surface area contributed by atoms with Gasteiger partial charge in [-0.2, -0.15) is 0 Å². The van der Waals surface area contributed by atoms with Gasteiger partial charge in [0.2, 0.25) is 0 Å². The Labute approximate surface area is 238 Å². The Bertz CT molecular complexity index is 1720. The van der Waals surface area contributed by atoms with Gasteiger partial charge in [0, 0.05) is 13.0 Å². The van der Waals surface area contributed by atoms with Gasteiger partial charge in [0.25, 0.3) is 21.8 Å². The normalized spacial score (nSPS) is 13.0. The maximum Gasteiger partial charge on any atom is 0.311 e. The van der Waals surface area contributed by atoms with Crippen LogP contribution in [-0.2, 0) is 14.8 Å². The predicted molar refractivity (Wildman–Crippen MR) is 150 cm³/mol.